The minimum absolute atomic E-state index is 0.461. The van der Waals surface area contributed by atoms with Crippen molar-refractivity contribution in [3.63, 3.8) is 0 Å². The molecular formula is C11H13IO. The number of alkyl halides is 1. The van der Waals surface area contributed by atoms with E-state index < -0.39 is 0 Å². The molecule has 2 rings (SSSR count). The summed E-state index contributed by atoms with van der Waals surface area (Å²) in [5.41, 5.74) is 1.24. The molecule has 1 fully saturated rings. The Morgan fingerprint density at radius 3 is 2.62 bits per heavy atom. The van der Waals surface area contributed by atoms with Gasteiger partial charge >= 0.3 is 0 Å². The number of benzene rings is 1. The van der Waals surface area contributed by atoms with Crippen molar-refractivity contribution in [2.24, 2.45) is 0 Å². The van der Waals surface area contributed by atoms with Crippen molar-refractivity contribution in [3.8, 4) is 5.75 Å². The van der Waals surface area contributed by atoms with Gasteiger partial charge in [0, 0.05) is 3.92 Å². The highest BCUT2D eigenvalue weighted by atomic mass is 127. The monoisotopic (exact) mass is 288 g/mol. The Morgan fingerprint density at radius 1 is 1.31 bits per heavy atom. The highest BCUT2D eigenvalue weighted by Gasteiger charge is 2.28. The minimum atomic E-state index is 0.461. The number of rotatable bonds is 2. The Hall–Kier alpha value is -0.250. The summed E-state index contributed by atoms with van der Waals surface area (Å²) >= 11 is 2.48. The molecule has 70 valence electrons. The number of aryl methyl sites for hydroxylation is 1. The molecule has 0 heterocycles. The van der Waals surface area contributed by atoms with Crippen molar-refractivity contribution in [3.05, 3.63) is 29.8 Å². The minimum Gasteiger partial charge on any atom is -0.490 e. The summed E-state index contributed by atoms with van der Waals surface area (Å²) in [6, 6.07) is 8.22. The maximum absolute atomic E-state index is 5.85. The summed E-state index contributed by atoms with van der Waals surface area (Å²) in [5, 5.41) is 0. The van der Waals surface area contributed by atoms with Gasteiger partial charge in [-0.1, -0.05) is 40.8 Å². The first-order valence-corrected chi connectivity index (χ1v) is 5.86. The molecule has 1 aromatic carbocycles. The average molecular weight is 288 g/mol. The van der Waals surface area contributed by atoms with E-state index >= 15 is 0 Å². The quantitative estimate of drug-likeness (QED) is 0.599. The summed E-state index contributed by atoms with van der Waals surface area (Å²) < 4.78 is 6.67. The molecule has 1 aliphatic carbocycles. The SMILES string of the molecule is Cc1ccccc1OC1CC(I)C1. The van der Waals surface area contributed by atoms with Crippen LogP contribution in [0.25, 0.3) is 0 Å². The van der Waals surface area contributed by atoms with Gasteiger partial charge in [0.25, 0.3) is 0 Å². The lowest BCUT2D eigenvalue weighted by molar-refractivity contribution is 0.130. The predicted octanol–water partition coefficient (Wildman–Crippen LogP) is 3.34. The van der Waals surface area contributed by atoms with Gasteiger partial charge in [0.1, 0.15) is 11.9 Å². The molecule has 0 N–H and O–H groups in total. The van der Waals surface area contributed by atoms with Crippen LogP contribution in [0.1, 0.15) is 18.4 Å². The summed E-state index contributed by atoms with van der Waals surface area (Å²) in [4.78, 5) is 0. The molecule has 0 aromatic heterocycles. The Morgan fingerprint density at radius 2 is 2.00 bits per heavy atom. The van der Waals surface area contributed by atoms with Gasteiger partial charge in [0.2, 0.25) is 0 Å². The molecule has 0 radical (unpaired) electrons. The van der Waals surface area contributed by atoms with Crippen molar-refractivity contribution in [1.29, 1.82) is 0 Å². The molecule has 0 atom stereocenters. The molecule has 1 aliphatic rings. The molecule has 0 amide bonds. The predicted molar refractivity (Wildman–Crippen MR) is 62.6 cm³/mol. The smallest absolute Gasteiger partial charge is 0.122 e. The van der Waals surface area contributed by atoms with Gasteiger partial charge in [0.05, 0.1) is 0 Å². The van der Waals surface area contributed by atoms with Crippen molar-refractivity contribution in [2.75, 3.05) is 0 Å². The molecule has 1 saturated carbocycles. The van der Waals surface area contributed by atoms with Crippen molar-refractivity contribution >= 4 is 22.6 Å². The lowest BCUT2D eigenvalue weighted by Gasteiger charge is -2.32. The third-order valence-electron chi connectivity index (χ3n) is 2.42. The normalized spacial score (nSPS) is 26.6. The average Bonchev–Trinajstić information content (AvgIpc) is 2.06. The Labute approximate surface area is 92.6 Å². The van der Waals surface area contributed by atoms with Gasteiger partial charge in [-0.05, 0) is 31.4 Å². The second-order valence-electron chi connectivity index (χ2n) is 3.57. The van der Waals surface area contributed by atoms with Crippen LogP contribution < -0.4 is 4.74 Å². The fourth-order valence-corrected chi connectivity index (χ4v) is 2.60. The van der Waals surface area contributed by atoms with Crippen LogP contribution in [0.15, 0.2) is 24.3 Å². The zero-order chi connectivity index (χ0) is 9.26. The summed E-state index contributed by atoms with van der Waals surface area (Å²) in [6.45, 7) is 2.09. The van der Waals surface area contributed by atoms with Crippen molar-refractivity contribution < 1.29 is 4.74 Å². The molecule has 13 heavy (non-hydrogen) atoms. The van der Waals surface area contributed by atoms with Gasteiger partial charge in [-0.25, -0.2) is 0 Å². The molecule has 0 unspecified atom stereocenters. The van der Waals surface area contributed by atoms with E-state index in [1.165, 1.54) is 18.4 Å². The van der Waals surface area contributed by atoms with E-state index in [1.807, 2.05) is 12.1 Å². The highest BCUT2D eigenvalue weighted by Crippen LogP contribution is 2.32. The van der Waals surface area contributed by atoms with Crippen LogP contribution in [0, 0.1) is 6.92 Å². The van der Waals surface area contributed by atoms with Crippen LogP contribution in [0.3, 0.4) is 0 Å². The van der Waals surface area contributed by atoms with Crippen LogP contribution in [0.4, 0.5) is 0 Å². The fraction of sp³-hybridized carbons (Fsp3) is 0.455. The molecule has 0 aliphatic heterocycles. The number of hydrogen-bond acceptors (Lipinski definition) is 1. The summed E-state index contributed by atoms with van der Waals surface area (Å²) in [5.74, 6) is 1.05. The van der Waals surface area contributed by atoms with Crippen LogP contribution >= 0.6 is 22.6 Å². The maximum Gasteiger partial charge on any atom is 0.122 e. The molecule has 2 heteroatoms. The Balaban J connectivity index is 1.98. The van der Waals surface area contributed by atoms with Crippen LogP contribution in [-0.4, -0.2) is 10.0 Å². The maximum atomic E-state index is 5.85. The number of ether oxygens (including phenoxy) is 1. The molecular weight excluding hydrogens is 275 g/mol. The molecule has 0 saturated heterocycles. The van der Waals surface area contributed by atoms with E-state index in [4.69, 9.17) is 4.74 Å². The fourth-order valence-electron chi connectivity index (χ4n) is 1.47. The molecule has 1 aromatic rings. The zero-order valence-corrected chi connectivity index (χ0v) is 9.82. The van der Waals surface area contributed by atoms with Gasteiger partial charge in [-0.2, -0.15) is 0 Å². The standard InChI is InChI=1S/C11H13IO/c1-8-4-2-3-5-11(8)13-10-6-9(12)7-10/h2-5,9-10H,6-7H2,1H3. The van der Waals surface area contributed by atoms with Gasteiger partial charge in [-0.15, -0.1) is 0 Å². The number of para-hydroxylation sites is 1. The number of hydrogen-bond donors (Lipinski definition) is 0. The van der Waals surface area contributed by atoms with E-state index in [0.717, 1.165) is 9.67 Å². The van der Waals surface area contributed by atoms with Gasteiger partial charge < -0.3 is 4.74 Å². The van der Waals surface area contributed by atoms with Gasteiger partial charge in [0.15, 0.2) is 0 Å². The third kappa shape index (κ3) is 2.16. The second-order valence-corrected chi connectivity index (χ2v) is 5.34. The number of halogens is 1. The van der Waals surface area contributed by atoms with E-state index in [2.05, 4.69) is 41.6 Å². The lowest BCUT2D eigenvalue weighted by Crippen LogP contribution is -2.34. The van der Waals surface area contributed by atoms with E-state index in [9.17, 15) is 0 Å². The lowest BCUT2D eigenvalue weighted by atomic mass is 9.96. The second kappa shape index (κ2) is 3.86. The zero-order valence-electron chi connectivity index (χ0n) is 7.66. The highest BCUT2D eigenvalue weighted by molar-refractivity contribution is 14.1. The summed E-state index contributed by atoms with van der Waals surface area (Å²) in [7, 11) is 0. The molecule has 1 nitrogen and oxygen atoms in total. The first kappa shape index (κ1) is 9.31. The van der Waals surface area contributed by atoms with E-state index in [0.29, 0.717) is 6.10 Å². The Kier molecular flexibility index (Phi) is 2.77. The third-order valence-corrected chi connectivity index (χ3v) is 3.44. The van der Waals surface area contributed by atoms with Gasteiger partial charge in [-0.3, -0.25) is 0 Å². The Bertz CT molecular complexity index is 292. The van der Waals surface area contributed by atoms with Crippen molar-refractivity contribution in [2.45, 2.75) is 29.8 Å². The molecule has 0 spiro atoms. The summed E-state index contributed by atoms with van der Waals surface area (Å²) in [6.07, 6.45) is 2.87. The van der Waals surface area contributed by atoms with Crippen LogP contribution in [0.5, 0.6) is 5.75 Å². The van der Waals surface area contributed by atoms with E-state index in [-0.39, 0.29) is 0 Å². The first-order valence-electron chi connectivity index (χ1n) is 4.62. The van der Waals surface area contributed by atoms with Crippen LogP contribution in [-0.2, 0) is 0 Å². The topological polar surface area (TPSA) is 9.23 Å². The molecule has 0 bridgehead atoms. The van der Waals surface area contributed by atoms with Crippen molar-refractivity contribution in [1.82, 2.24) is 0 Å². The van der Waals surface area contributed by atoms with Crippen LogP contribution in [0.2, 0.25) is 0 Å². The largest absolute Gasteiger partial charge is 0.490 e. The first-order chi connectivity index (χ1) is 6.25. The van der Waals surface area contributed by atoms with E-state index in [1.54, 1.807) is 0 Å².